The minimum absolute atomic E-state index is 0.0212. The van der Waals surface area contributed by atoms with Gasteiger partial charge in [0.1, 0.15) is 27.8 Å². The lowest BCUT2D eigenvalue weighted by molar-refractivity contribution is 0.0281. The number of ether oxygens (including phenoxy) is 1. The molecule has 0 aliphatic carbocycles. The average Bonchev–Trinajstić information content (AvgIpc) is 3.34. The molecule has 2 aromatic carbocycles. The average molecular weight is 611 g/mol. The van der Waals surface area contributed by atoms with E-state index in [9.17, 15) is 9.59 Å². The lowest BCUT2D eigenvalue weighted by atomic mass is 9.80. The van der Waals surface area contributed by atoms with Gasteiger partial charge >= 0.3 is 6.09 Å². The largest absolute Gasteiger partial charge is 0.444 e. The molecule has 2 aliphatic rings. The van der Waals surface area contributed by atoms with Gasteiger partial charge in [0.15, 0.2) is 11.6 Å². The van der Waals surface area contributed by atoms with Gasteiger partial charge in [0.2, 0.25) is 0 Å². The molecule has 0 spiro atoms. The van der Waals surface area contributed by atoms with Crippen LogP contribution in [0.1, 0.15) is 54.4 Å². The number of hydrogen-bond donors (Lipinski definition) is 0. The third-order valence-corrected chi connectivity index (χ3v) is 8.33. The molecule has 5 rings (SSSR count). The molecule has 1 aromatic heterocycles. The van der Waals surface area contributed by atoms with Crippen LogP contribution in [0.2, 0.25) is 5.15 Å². The molecule has 3 aromatic rings. The fourth-order valence-corrected chi connectivity index (χ4v) is 6.41. The van der Waals surface area contributed by atoms with E-state index in [4.69, 9.17) is 21.3 Å². The molecule has 2 aliphatic heterocycles. The number of hydrogen-bond acceptors (Lipinski definition) is 7. The van der Waals surface area contributed by atoms with Crippen molar-refractivity contribution in [1.29, 1.82) is 0 Å². The van der Waals surface area contributed by atoms with Crippen LogP contribution < -0.4 is 0 Å². The van der Waals surface area contributed by atoms with Crippen molar-refractivity contribution in [2.24, 2.45) is 10.9 Å². The van der Waals surface area contributed by atoms with Crippen LogP contribution in [0.15, 0.2) is 65.9 Å². The standard InChI is InChI=1S/C31H29ClF2N4O3S/c1-30(2,3)41-29(40)38-16-21-17-42-28(13-26(39)20-7-5-4-6-8-20)37-31(21,18-38)22-11-19(9-10-23(22)33)12-24(34)25-14-36-27(32)15-35-25/h4-12,14-15,21H,13,16-18H2,1-3H3/b24-12-/t21-,31-/m0/s1. The van der Waals surface area contributed by atoms with Gasteiger partial charge in [-0.3, -0.25) is 9.79 Å². The summed E-state index contributed by atoms with van der Waals surface area (Å²) in [6.45, 7) is 5.67. The van der Waals surface area contributed by atoms with Crippen molar-refractivity contribution in [1.82, 2.24) is 14.9 Å². The molecular formula is C31H29ClF2N4O3S. The van der Waals surface area contributed by atoms with E-state index >= 15 is 8.78 Å². The van der Waals surface area contributed by atoms with Crippen LogP contribution in [-0.4, -0.2) is 56.2 Å². The Morgan fingerprint density at radius 1 is 1.17 bits per heavy atom. The highest BCUT2D eigenvalue weighted by molar-refractivity contribution is 8.14. The van der Waals surface area contributed by atoms with Crippen molar-refractivity contribution in [3.63, 3.8) is 0 Å². The van der Waals surface area contributed by atoms with E-state index in [1.807, 2.05) is 6.07 Å². The Balaban J connectivity index is 1.55. The second-order valence-corrected chi connectivity index (χ2v) is 12.7. The Morgan fingerprint density at radius 3 is 2.62 bits per heavy atom. The number of likely N-dealkylation sites (tertiary alicyclic amines) is 1. The van der Waals surface area contributed by atoms with Crippen LogP contribution >= 0.6 is 23.4 Å². The van der Waals surface area contributed by atoms with E-state index in [1.165, 1.54) is 47.3 Å². The third kappa shape index (κ3) is 6.55. The second kappa shape index (κ2) is 11.9. The molecule has 0 unspecified atom stereocenters. The summed E-state index contributed by atoms with van der Waals surface area (Å²) in [5.74, 6) is -1.09. The van der Waals surface area contributed by atoms with Crippen LogP contribution in [0.3, 0.4) is 0 Å². The number of carbonyl (C=O) groups excluding carboxylic acids is 2. The van der Waals surface area contributed by atoms with Crippen molar-refractivity contribution in [3.05, 3.63) is 94.3 Å². The number of halogens is 3. The molecule has 0 N–H and O–H groups in total. The lowest BCUT2D eigenvalue weighted by Crippen LogP contribution is -2.40. The van der Waals surface area contributed by atoms with Gasteiger partial charge in [0, 0.05) is 29.3 Å². The topological polar surface area (TPSA) is 84.8 Å². The summed E-state index contributed by atoms with van der Waals surface area (Å²) in [4.78, 5) is 40.5. The number of rotatable bonds is 6. The van der Waals surface area contributed by atoms with Gasteiger partial charge in [-0.15, -0.1) is 11.8 Å². The summed E-state index contributed by atoms with van der Waals surface area (Å²) >= 11 is 7.20. The minimum Gasteiger partial charge on any atom is -0.444 e. The quantitative estimate of drug-likeness (QED) is 0.274. The van der Waals surface area contributed by atoms with Gasteiger partial charge in [-0.05, 0) is 44.5 Å². The number of aliphatic imine (C=N–C) groups is 1. The molecule has 0 radical (unpaired) electrons. The summed E-state index contributed by atoms with van der Waals surface area (Å²) < 4.78 is 36.4. The number of benzene rings is 2. The highest BCUT2D eigenvalue weighted by Crippen LogP contribution is 2.48. The lowest BCUT2D eigenvalue weighted by Gasteiger charge is -2.36. The predicted octanol–water partition coefficient (Wildman–Crippen LogP) is 7.22. The number of ketones is 1. The number of fused-ring (bicyclic) bond motifs is 1. The molecule has 0 bridgehead atoms. The van der Waals surface area contributed by atoms with Crippen LogP contribution in [0.4, 0.5) is 13.6 Å². The van der Waals surface area contributed by atoms with Crippen LogP contribution in [-0.2, 0) is 10.3 Å². The summed E-state index contributed by atoms with van der Waals surface area (Å²) in [6, 6.07) is 13.1. The highest BCUT2D eigenvalue weighted by atomic mass is 35.5. The first-order valence-electron chi connectivity index (χ1n) is 13.4. The summed E-state index contributed by atoms with van der Waals surface area (Å²) in [5.41, 5.74) is -0.794. The normalized spacial score (nSPS) is 20.6. The molecular weight excluding hydrogens is 582 g/mol. The van der Waals surface area contributed by atoms with Gasteiger partial charge < -0.3 is 9.64 Å². The van der Waals surface area contributed by atoms with E-state index in [1.54, 1.807) is 51.1 Å². The number of thioether (sulfide) groups is 1. The van der Waals surface area contributed by atoms with E-state index in [0.717, 1.165) is 0 Å². The molecule has 3 heterocycles. The summed E-state index contributed by atoms with van der Waals surface area (Å²) in [5, 5.41) is 0.681. The maximum absolute atomic E-state index is 15.7. The molecule has 0 saturated carbocycles. The zero-order chi connectivity index (χ0) is 30.1. The van der Waals surface area contributed by atoms with Gasteiger partial charge in [0.25, 0.3) is 0 Å². The van der Waals surface area contributed by atoms with Crippen LogP contribution in [0, 0.1) is 11.7 Å². The van der Waals surface area contributed by atoms with E-state index in [-0.39, 0.29) is 41.1 Å². The smallest absolute Gasteiger partial charge is 0.410 e. The Labute approximate surface area is 252 Å². The molecule has 2 atom stereocenters. The molecule has 1 fully saturated rings. The van der Waals surface area contributed by atoms with Crippen molar-refractivity contribution in [3.8, 4) is 0 Å². The Morgan fingerprint density at radius 2 is 1.93 bits per heavy atom. The summed E-state index contributed by atoms with van der Waals surface area (Å²) in [7, 11) is 0. The van der Waals surface area contributed by atoms with E-state index in [0.29, 0.717) is 28.5 Å². The third-order valence-electron chi connectivity index (χ3n) is 7.00. The molecule has 11 heteroatoms. The zero-order valence-corrected chi connectivity index (χ0v) is 24.9. The molecule has 42 heavy (non-hydrogen) atoms. The maximum Gasteiger partial charge on any atom is 0.410 e. The highest BCUT2D eigenvalue weighted by Gasteiger charge is 2.53. The van der Waals surface area contributed by atoms with E-state index in [2.05, 4.69) is 9.97 Å². The number of Topliss-reactive ketones (excluding diaryl/α,β-unsaturated/α-hetero) is 1. The first-order chi connectivity index (χ1) is 19.9. The fourth-order valence-electron chi connectivity index (χ4n) is 5.08. The Hall–Kier alpha value is -3.63. The van der Waals surface area contributed by atoms with Gasteiger partial charge in [-0.25, -0.2) is 23.5 Å². The van der Waals surface area contributed by atoms with Crippen molar-refractivity contribution < 1.29 is 23.1 Å². The van der Waals surface area contributed by atoms with Gasteiger partial charge in [-0.2, -0.15) is 0 Å². The molecule has 7 nitrogen and oxygen atoms in total. The predicted molar refractivity (Wildman–Crippen MR) is 161 cm³/mol. The SMILES string of the molecule is CC(C)(C)OC(=O)N1C[C@H]2CSC(CC(=O)c3ccccc3)=N[C@@]2(c2cc(/C=C(\F)c3cnc(Cl)cn3)ccc2F)C1. The molecule has 218 valence electrons. The van der Waals surface area contributed by atoms with Crippen molar-refractivity contribution >= 4 is 52.2 Å². The Bertz CT molecular complexity index is 1560. The zero-order valence-electron chi connectivity index (χ0n) is 23.3. The first-order valence-corrected chi connectivity index (χ1v) is 14.7. The Kier molecular flexibility index (Phi) is 8.48. The van der Waals surface area contributed by atoms with E-state index < -0.39 is 28.9 Å². The first kappa shape index (κ1) is 29.8. The van der Waals surface area contributed by atoms with Crippen LogP contribution in [0.5, 0.6) is 0 Å². The van der Waals surface area contributed by atoms with Crippen LogP contribution in [0.25, 0.3) is 11.9 Å². The number of amides is 1. The maximum atomic E-state index is 15.7. The number of aromatic nitrogens is 2. The molecule has 1 saturated heterocycles. The van der Waals surface area contributed by atoms with Gasteiger partial charge in [0.05, 0.1) is 30.4 Å². The second-order valence-electron chi connectivity index (χ2n) is 11.2. The van der Waals surface area contributed by atoms with Crippen molar-refractivity contribution in [2.75, 3.05) is 18.8 Å². The molecule has 1 amide bonds. The monoisotopic (exact) mass is 610 g/mol. The minimum atomic E-state index is -1.20. The van der Waals surface area contributed by atoms with Gasteiger partial charge in [-0.1, -0.05) is 48.0 Å². The number of nitrogens with zero attached hydrogens (tertiary/aromatic N) is 4. The van der Waals surface area contributed by atoms with Crippen molar-refractivity contribution in [2.45, 2.75) is 38.3 Å². The number of carbonyl (C=O) groups is 2. The fraction of sp³-hybridized carbons (Fsp3) is 0.323. The summed E-state index contributed by atoms with van der Waals surface area (Å²) in [6.07, 6.45) is 3.19.